The van der Waals surface area contributed by atoms with Gasteiger partial charge in [-0.3, -0.25) is 9.89 Å². The maximum atomic E-state index is 12.4. The number of nitrogens with one attached hydrogen (secondary N) is 2. The quantitative estimate of drug-likeness (QED) is 0.746. The summed E-state index contributed by atoms with van der Waals surface area (Å²) in [6, 6.07) is 6.04. The number of amides is 1. The molecular formula is C20H23N5O. The number of hydrogen-bond donors (Lipinski definition) is 2. The molecule has 0 unspecified atom stereocenters. The normalized spacial score (nSPS) is 21.4. The SMILES string of the molecule is O=C1C[C@@H](c2cn[nH]c2C2CCCCC2)c2c(nc3ccccn23)CN1. The van der Waals surface area contributed by atoms with Gasteiger partial charge in [0, 0.05) is 35.7 Å². The molecule has 6 heteroatoms. The predicted octanol–water partition coefficient (Wildman–Crippen LogP) is 3.26. The summed E-state index contributed by atoms with van der Waals surface area (Å²) in [7, 11) is 0. The lowest BCUT2D eigenvalue weighted by Gasteiger charge is -2.24. The number of pyridine rings is 1. The number of H-pyrrole nitrogens is 1. The summed E-state index contributed by atoms with van der Waals surface area (Å²) in [6.07, 6.45) is 10.7. The van der Waals surface area contributed by atoms with Crippen molar-refractivity contribution in [3.63, 3.8) is 0 Å². The molecule has 1 atom stereocenters. The zero-order valence-corrected chi connectivity index (χ0v) is 14.7. The number of rotatable bonds is 2. The van der Waals surface area contributed by atoms with E-state index in [1.807, 2.05) is 30.6 Å². The van der Waals surface area contributed by atoms with Crippen LogP contribution in [0.3, 0.4) is 0 Å². The van der Waals surface area contributed by atoms with E-state index in [1.165, 1.54) is 43.4 Å². The zero-order chi connectivity index (χ0) is 17.5. The van der Waals surface area contributed by atoms with Gasteiger partial charge in [0.05, 0.1) is 24.1 Å². The van der Waals surface area contributed by atoms with Crippen molar-refractivity contribution in [1.82, 2.24) is 24.9 Å². The van der Waals surface area contributed by atoms with Crippen molar-refractivity contribution < 1.29 is 4.79 Å². The Kier molecular flexibility index (Phi) is 3.76. The minimum Gasteiger partial charge on any atom is -0.350 e. The summed E-state index contributed by atoms with van der Waals surface area (Å²) in [5, 5.41) is 10.7. The fourth-order valence-electron chi connectivity index (χ4n) is 4.66. The monoisotopic (exact) mass is 349 g/mol. The van der Waals surface area contributed by atoms with Gasteiger partial charge in [-0.1, -0.05) is 25.3 Å². The average molecular weight is 349 g/mol. The standard InChI is InChI=1S/C20H23N5O/c26-18-10-14(15-11-22-24-19(15)13-6-2-1-3-7-13)20-16(12-21-18)23-17-8-4-5-9-25(17)20/h4-5,8-9,11,13-14H,1-3,6-7,10,12H2,(H,21,26)(H,22,24)/t14-/m0/s1. The summed E-state index contributed by atoms with van der Waals surface area (Å²) in [6.45, 7) is 0.489. The van der Waals surface area contributed by atoms with Gasteiger partial charge in [-0.2, -0.15) is 5.10 Å². The first-order chi connectivity index (χ1) is 12.8. The Morgan fingerprint density at radius 3 is 2.92 bits per heavy atom. The maximum Gasteiger partial charge on any atom is 0.221 e. The van der Waals surface area contributed by atoms with Gasteiger partial charge in [-0.25, -0.2) is 4.98 Å². The van der Waals surface area contributed by atoms with Gasteiger partial charge in [0.15, 0.2) is 0 Å². The molecule has 1 aliphatic heterocycles. The van der Waals surface area contributed by atoms with Crippen LogP contribution in [0.15, 0.2) is 30.6 Å². The summed E-state index contributed by atoms with van der Waals surface area (Å²) in [5.41, 5.74) is 5.41. The van der Waals surface area contributed by atoms with Crippen molar-refractivity contribution in [2.45, 2.75) is 56.9 Å². The highest BCUT2D eigenvalue weighted by molar-refractivity contribution is 5.78. The largest absolute Gasteiger partial charge is 0.350 e. The highest BCUT2D eigenvalue weighted by Gasteiger charge is 2.32. The van der Waals surface area contributed by atoms with E-state index in [0.29, 0.717) is 18.9 Å². The van der Waals surface area contributed by atoms with E-state index in [0.717, 1.165) is 17.0 Å². The van der Waals surface area contributed by atoms with E-state index < -0.39 is 0 Å². The van der Waals surface area contributed by atoms with Crippen molar-refractivity contribution in [1.29, 1.82) is 0 Å². The molecule has 5 rings (SSSR count). The van der Waals surface area contributed by atoms with E-state index in [-0.39, 0.29) is 11.8 Å². The van der Waals surface area contributed by atoms with Crippen LogP contribution in [0.5, 0.6) is 0 Å². The van der Waals surface area contributed by atoms with Crippen LogP contribution in [0, 0.1) is 0 Å². The Balaban J connectivity index is 1.65. The van der Waals surface area contributed by atoms with E-state index >= 15 is 0 Å². The Hall–Kier alpha value is -2.63. The number of nitrogens with zero attached hydrogens (tertiary/aromatic N) is 3. The number of carbonyl (C=O) groups excluding carboxylic acids is 1. The van der Waals surface area contributed by atoms with Crippen LogP contribution in [0.1, 0.15) is 73.0 Å². The van der Waals surface area contributed by atoms with Crippen LogP contribution in [0.2, 0.25) is 0 Å². The second-order valence-corrected chi connectivity index (χ2v) is 7.48. The lowest BCUT2D eigenvalue weighted by Crippen LogP contribution is -2.22. The Morgan fingerprint density at radius 2 is 2.04 bits per heavy atom. The molecule has 4 heterocycles. The van der Waals surface area contributed by atoms with Gasteiger partial charge < -0.3 is 9.72 Å². The van der Waals surface area contributed by atoms with Crippen molar-refractivity contribution in [3.05, 3.63) is 53.2 Å². The van der Waals surface area contributed by atoms with Gasteiger partial charge in [0.1, 0.15) is 5.65 Å². The van der Waals surface area contributed by atoms with Gasteiger partial charge in [-0.15, -0.1) is 0 Å². The molecule has 26 heavy (non-hydrogen) atoms. The third-order valence-corrected chi connectivity index (χ3v) is 5.90. The third kappa shape index (κ3) is 2.52. The predicted molar refractivity (Wildman–Crippen MR) is 97.9 cm³/mol. The molecular weight excluding hydrogens is 326 g/mol. The van der Waals surface area contributed by atoms with Gasteiger partial charge in [0.25, 0.3) is 0 Å². The third-order valence-electron chi connectivity index (χ3n) is 5.90. The number of fused-ring (bicyclic) bond motifs is 3. The maximum absolute atomic E-state index is 12.4. The molecule has 0 aromatic carbocycles. The fourth-order valence-corrected chi connectivity index (χ4v) is 4.66. The number of aromatic amines is 1. The minimum atomic E-state index is -0.0134. The molecule has 1 aliphatic carbocycles. The summed E-state index contributed by atoms with van der Waals surface area (Å²) in [4.78, 5) is 17.2. The molecule has 0 radical (unpaired) electrons. The average Bonchev–Trinajstić information content (AvgIpc) is 3.26. The lowest BCUT2D eigenvalue weighted by atomic mass is 9.82. The first-order valence-corrected chi connectivity index (χ1v) is 9.57. The molecule has 3 aromatic rings. The van der Waals surface area contributed by atoms with Crippen LogP contribution in [-0.2, 0) is 11.3 Å². The first kappa shape index (κ1) is 15.6. The molecule has 2 aliphatic rings. The van der Waals surface area contributed by atoms with Crippen molar-refractivity contribution in [2.24, 2.45) is 0 Å². The molecule has 2 N–H and O–H groups in total. The highest BCUT2D eigenvalue weighted by Crippen LogP contribution is 2.40. The first-order valence-electron chi connectivity index (χ1n) is 9.57. The Labute approximate surface area is 152 Å². The molecule has 0 saturated heterocycles. The van der Waals surface area contributed by atoms with E-state index in [1.54, 1.807) is 0 Å². The molecule has 134 valence electrons. The van der Waals surface area contributed by atoms with Crippen molar-refractivity contribution in [2.75, 3.05) is 0 Å². The minimum absolute atomic E-state index is 0.0134. The van der Waals surface area contributed by atoms with Gasteiger partial charge in [-0.05, 0) is 25.0 Å². The topological polar surface area (TPSA) is 75.1 Å². The number of carbonyl (C=O) groups is 1. The van der Waals surface area contributed by atoms with Crippen LogP contribution < -0.4 is 5.32 Å². The van der Waals surface area contributed by atoms with Crippen LogP contribution in [0.25, 0.3) is 5.65 Å². The molecule has 6 nitrogen and oxygen atoms in total. The van der Waals surface area contributed by atoms with E-state index in [9.17, 15) is 4.79 Å². The van der Waals surface area contributed by atoms with Gasteiger partial charge >= 0.3 is 0 Å². The van der Waals surface area contributed by atoms with E-state index in [2.05, 4.69) is 19.9 Å². The smallest absolute Gasteiger partial charge is 0.221 e. The number of imidazole rings is 1. The Bertz CT molecular complexity index is 950. The van der Waals surface area contributed by atoms with Crippen LogP contribution >= 0.6 is 0 Å². The van der Waals surface area contributed by atoms with Crippen molar-refractivity contribution >= 4 is 11.6 Å². The molecule has 1 fully saturated rings. The fraction of sp³-hybridized carbons (Fsp3) is 0.450. The van der Waals surface area contributed by atoms with Crippen LogP contribution in [-0.4, -0.2) is 25.5 Å². The van der Waals surface area contributed by atoms with Crippen LogP contribution in [0.4, 0.5) is 0 Å². The van der Waals surface area contributed by atoms with Crippen molar-refractivity contribution in [3.8, 4) is 0 Å². The molecule has 3 aromatic heterocycles. The number of hydrogen-bond acceptors (Lipinski definition) is 3. The second-order valence-electron chi connectivity index (χ2n) is 7.48. The summed E-state index contributed by atoms with van der Waals surface area (Å²) >= 11 is 0. The molecule has 0 bridgehead atoms. The van der Waals surface area contributed by atoms with Gasteiger partial charge in [0.2, 0.25) is 5.91 Å². The summed E-state index contributed by atoms with van der Waals surface area (Å²) < 4.78 is 2.14. The Morgan fingerprint density at radius 1 is 1.15 bits per heavy atom. The summed E-state index contributed by atoms with van der Waals surface area (Å²) in [5.74, 6) is 0.587. The lowest BCUT2D eigenvalue weighted by molar-refractivity contribution is -0.121. The van der Waals surface area contributed by atoms with E-state index in [4.69, 9.17) is 4.98 Å². The second kappa shape index (κ2) is 6.27. The zero-order valence-electron chi connectivity index (χ0n) is 14.7. The molecule has 1 amide bonds. The number of aromatic nitrogens is 4. The molecule has 0 spiro atoms. The molecule has 1 saturated carbocycles. The highest BCUT2D eigenvalue weighted by atomic mass is 16.1.